The molecule has 0 saturated carbocycles. The van der Waals surface area contributed by atoms with Crippen molar-refractivity contribution in [1.82, 2.24) is 9.97 Å². The fourth-order valence-electron chi connectivity index (χ4n) is 3.87. The van der Waals surface area contributed by atoms with Crippen LogP contribution in [0.3, 0.4) is 0 Å². The number of nitro groups is 1. The molecule has 11 heteroatoms. The predicted molar refractivity (Wildman–Crippen MR) is 134 cm³/mol. The van der Waals surface area contributed by atoms with Crippen LogP contribution in [0, 0.1) is 17.0 Å². The van der Waals surface area contributed by atoms with Gasteiger partial charge in [0.2, 0.25) is 0 Å². The number of hydrogen-bond donors (Lipinski definition) is 4. The van der Waals surface area contributed by atoms with Crippen LogP contribution >= 0.6 is 0 Å². The Morgan fingerprint density at radius 1 is 1.00 bits per heavy atom. The zero-order chi connectivity index (χ0) is 25.4. The van der Waals surface area contributed by atoms with Gasteiger partial charge in [0.05, 0.1) is 27.2 Å². The number of amides is 1. The van der Waals surface area contributed by atoms with Crippen LogP contribution in [0.1, 0.15) is 15.9 Å². The maximum absolute atomic E-state index is 13.1. The summed E-state index contributed by atoms with van der Waals surface area (Å²) < 4.78 is 0. The molecular weight excluding hydrogens is 464 g/mol. The number of aromatic amines is 2. The number of aromatic nitrogens is 2. The Bertz CT molecular complexity index is 1770. The van der Waals surface area contributed by atoms with Crippen molar-refractivity contribution in [3.05, 3.63) is 98.5 Å². The number of imidazole rings is 1. The number of fused-ring (bicyclic) bond motifs is 2. The summed E-state index contributed by atoms with van der Waals surface area (Å²) in [5.41, 5.74) is 2.08. The van der Waals surface area contributed by atoms with Crippen LogP contribution in [0.5, 0.6) is 5.75 Å². The van der Waals surface area contributed by atoms with Crippen LogP contribution in [0.4, 0.5) is 22.7 Å². The lowest BCUT2D eigenvalue weighted by atomic mass is 10.0. The van der Waals surface area contributed by atoms with E-state index in [9.17, 15) is 24.8 Å². The van der Waals surface area contributed by atoms with E-state index < -0.39 is 10.8 Å². The number of nitrogens with one attached hydrogen (secondary N) is 3. The van der Waals surface area contributed by atoms with Gasteiger partial charge < -0.3 is 20.4 Å². The molecule has 4 aromatic carbocycles. The minimum Gasteiger partial charge on any atom is -0.505 e. The molecule has 1 aromatic heterocycles. The number of nitro benzene ring substituents is 1. The molecule has 0 saturated heterocycles. The maximum atomic E-state index is 13.1. The van der Waals surface area contributed by atoms with Gasteiger partial charge in [0.25, 0.3) is 11.6 Å². The van der Waals surface area contributed by atoms with Crippen molar-refractivity contribution in [3.8, 4) is 5.75 Å². The van der Waals surface area contributed by atoms with E-state index in [1.54, 1.807) is 55.5 Å². The summed E-state index contributed by atoms with van der Waals surface area (Å²) >= 11 is 0. The number of aromatic hydroxyl groups is 1. The lowest BCUT2D eigenvalue weighted by Gasteiger charge is -2.11. The van der Waals surface area contributed by atoms with E-state index >= 15 is 0 Å². The number of carbonyl (C=O) groups excluding carboxylic acids is 1. The molecule has 1 heterocycles. The smallest absolute Gasteiger partial charge is 0.323 e. The number of hydrogen-bond acceptors (Lipinski definition) is 7. The van der Waals surface area contributed by atoms with Crippen molar-refractivity contribution in [2.45, 2.75) is 6.92 Å². The summed E-state index contributed by atoms with van der Waals surface area (Å²) in [6.07, 6.45) is 0. The van der Waals surface area contributed by atoms with Crippen LogP contribution in [0.25, 0.3) is 21.8 Å². The first-order chi connectivity index (χ1) is 17.3. The quantitative estimate of drug-likeness (QED) is 0.145. The van der Waals surface area contributed by atoms with Gasteiger partial charge >= 0.3 is 5.69 Å². The second-order valence-corrected chi connectivity index (χ2v) is 8.06. The highest BCUT2D eigenvalue weighted by Crippen LogP contribution is 2.40. The molecule has 0 unspecified atom stereocenters. The molecule has 11 nitrogen and oxygen atoms in total. The monoisotopic (exact) mass is 482 g/mol. The molecule has 5 rings (SSSR count). The third-order valence-electron chi connectivity index (χ3n) is 5.66. The maximum Gasteiger partial charge on any atom is 0.323 e. The van der Waals surface area contributed by atoms with Crippen molar-refractivity contribution in [2.75, 3.05) is 5.32 Å². The van der Waals surface area contributed by atoms with E-state index in [0.717, 1.165) is 0 Å². The van der Waals surface area contributed by atoms with Gasteiger partial charge in [-0.15, -0.1) is 5.11 Å². The molecular formula is C25H18N6O5. The number of anilines is 1. The Morgan fingerprint density at radius 3 is 2.56 bits per heavy atom. The van der Waals surface area contributed by atoms with Gasteiger partial charge in [-0.2, -0.15) is 5.11 Å². The minimum absolute atomic E-state index is 0.0225. The van der Waals surface area contributed by atoms with Crippen molar-refractivity contribution in [3.63, 3.8) is 0 Å². The predicted octanol–water partition coefficient (Wildman–Crippen LogP) is 5.60. The molecule has 36 heavy (non-hydrogen) atoms. The average molecular weight is 482 g/mol. The zero-order valence-electron chi connectivity index (χ0n) is 18.8. The summed E-state index contributed by atoms with van der Waals surface area (Å²) in [5.74, 6) is -0.955. The molecule has 0 radical (unpaired) electrons. The Kier molecular flexibility index (Phi) is 5.49. The van der Waals surface area contributed by atoms with E-state index in [-0.39, 0.29) is 28.4 Å². The summed E-state index contributed by atoms with van der Waals surface area (Å²) in [5, 5.41) is 34.4. The normalized spacial score (nSPS) is 11.4. The largest absolute Gasteiger partial charge is 0.505 e. The van der Waals surface area contributed by atoms with E-state index in [0.29, 0.717) is 38.7 Å². The fraction of sp³-hybridized carbons (Fsp3) is 0.0400. The number of rotatable bonds is 5. The van der Waals surface area contributed by atoms with Gasteiger partial charge in [-0.05, 0) is 48.2 Å². The zero-order valence-corrected chi connectivity index (χ0v) is 18.8. The molecule has 0 aliphatic rings. The number of aryl methyl sites for hydroxylation is 1. The molecule has 178 valence electrons. The first kappa shape index (κ1) is 22.5. The van der Waals surface area contributed by atoms with Crippen LogP contribution in [0.15, 0.2) is 81.8 Å². The third-order valence-corrected chi connectivity index (χ3v) is 5.66. The van der Waals surface area contributed by atoms with Crippen LogP contribution in [-0.4, -0.2) is 25.9 Å². The minimum atomic E-state index is -0.585. The van der Waals surface area contributed by atoms with Gasteiger partial charge in [0.15, 0.2) is 5.75 Å². The van der Waals surface area contributed by atoms with Gasteiger partial charge in [-0.25, -0.2) is 4.79 Å². The van der Waals surface area contributed by atoms with E-state index in [4.69, 9.17) is 0 Å². The molecule has 1 amide bonds. The number of non-ortho nitro benzene ring substituents is 1. The molecule has 0 aliphatic heterocycles. The topological polar surface area (TPSA) is 166 Å². The summed E-state index contributed by atoms with van der Waals surface area (Å²) in [7, 11) is 0. The molecule has 5 aromatic rings. The van der Waals surface area contributed by atoms with Gasteiger partial charge in [-0.1, -0.05) is 24.3 Å². The van der Waals surface area contributed by atoms with Crippen molar-refractivity contribution >= 4 is 50.5 Å². The van der Waals surface area contributed by atoms with Crippen molar-refractivity contribution in [1.29, 1.82) is 0 Å². The Balaban J connectivity index is 1.54. The van der Waals surface area contributed by atoms with Crippen LogP contribution in [0.2, 0.25) is 0 Å². The van der Waals surface area contributed by atoms with Crippen molar-refractivity contribution in [2.24, 2.45) is 10.2 Å². The highest BCUT2D eigenvalue weighted by Gasteiger charge is 2.19. The molecule has 0 fully saturated rings. The lowest BCUT2D eigenvalue weighted by Crippen LogP contribution is -2.12. The summed E-state index contributed by atoms with van der Waals surface area (Å²) in [6, 6.07) is 17.7. The first-order valence-electron chi connectivity index (χ1n) is 10.7. The lowest BCUT2D eigenvalue weighted by molar-refractivity contribution is -0.384. The average Bonchev–Trinajstić information content (AvgIpc) is 3.23. The standard InChI is InChI=1S/C25H18N6O5/c1-13-10-16(31(35)36)7-9-19(13)29-30-22-17-5-3-2-4-14(17)11-18(23(22)32)24(33)26-15-6-8-20-21(12-15)28-25(34)27-20/h2-12,32H,1H3,(H,26,33)(H2,27,28,34). The number of benzene rings is 4. The SMILES string of the molecule is Cc1cc([N+](=O)[O-])ccc1N=Nc1c(O)c(C(=O)Nc2ccc3[nH]c(=O)[nH]c3c2)cc2ccccc12. The van der Waals surface area contributed by atoms with Crippen molar-refractivity contribution < 1.29 is 14.8 Å². The Hall–Kier alpha value is -5.32. The second kappa shape index (κ2) is 8.80. The number of carbonyl (C=O) groups is 1. The third kappa shape index (κ3) is 4.16. The highest BCUT2D eigenvalue weighted by molar-refractivity contribution is 6.12. The number of phenolic OH excluding ortho intramolecular Hbond substituents is 1. The van der Waals surface area contributed by atoms with Crippen LogP contribution < -0.4 is 11.0 Å². The fourth-order valence-corrected chi connectivity index (χ4v) is 3.87. The molecule has 0 bridgehead atoms. The molecule has 0 atom stereocenters. The van der Waals surface area contributed by atoms with Gasteiger partial charge in [-0.3, -0.25) is 14.9 Å². The molecule has 0 spiro atoms. The first-order valence-corrected chi connectivity index (χ1v) is 10.7. The van der Waals surface area contributed by atoms with E-state index in [1.807, 2.05) is 0 Å². The second-order valence-electron chi connectivity index (χ2n) is 8.06. The number of H-pyrrole nitrogens is 2. The number of azo groups is 1. The summed E-state index contributed by atoms with van der Waals surface area (Å²) in [6.45, 7) is 1.66. The molecule has 0 aliphatic carbocycles. The van der Waals surface area contributed by atoms with Crippen LogP contribution in [-0.2, 0) is 0 Å². The number of phenols is 1. The molecule has 4 N–H and O–H groups in total. The van der Waals surface area contributed by atoms with Gasteiger partial charge in [0, 0.05) is 23.2 Å². The van der Waals surface area contributed by atoms with E-state index in [1.165, 1.54) is 18.2 Å². The van der Waals surface area contributed by atoms with Gasteiger partial charge in [0.1, 0.15) is 5.69 Å². The van der Waals surface area contributed by atoms with E-state index in [2.05, 4.69) is 25.5 Å². The Morgan fingerprint density at radius 2 is 1.78 bits per heavy atom. The Labute approximate surface area is 202 Å². The highest BCUT2D eigenvalue weighted by atomic mass is 16.6. The number of nitrogens with zero attached hydrogens (tertiary/aromatic N) is 3. The summed E-state index contributed by atoms with van der Waals surface area (Å²) in [4.78, 5) is 40.4.